The molecule has 2 aromatic carbocycles. The predicted octanol–water partition coefficient (Wildman–Crippen LogP) is 4.03. The van der Waals surface area contributed by atoms with Gasteiger partial charge in [-0.15, -0.1) is 0 Å². The molecule has 1 atom stereocenters. The lowest BCUT2D eigenvalue weighted by atomic mass is 10.2. The number of hydrogen-bond acceptors (Lipinski definition) is 3. The molecule has 0 fully saturated rings. The molecular formula is C18H18Cl2FN3O2. The van der Waals surface area contributed by atoms with Crippen LogP contribution in [0.5, 0.6) is 0 Å². The standard InChI is InChI=1S/C18H18Cl2FN3O2/c1-11(18(26)23-16-7-12(19)6-13(20)8-16)24(2)10-17(25)22-15-5-3-4-14(21)9-15/h3-9,11H,10H2,1-2H3,(H,22,25)(H,23,26)/t11-/m1/s1. The highest BCUT2D eigenvalue weighted by atomic mass is 35.5. The van der Waals surface area contributed by atoms with Crippen molar-refractivity contribution < 1.29 is 14.0 Å². The van der Waals surface area contributed by atoms with Crippen LogP contribution in [-0.2, 0) is 9.59 Å². The van der Waals surface area contributed by atoms with Crippen molar-refractivity contribution in [2.75, 3.05) is 24.2 Å². The minimum absolute atomic E-state index is 0.0403. The third-order valence-electron chi connectivity index (χ3n) is 3.67. The van der Waals surface area contributed by atoms with Crippen molar-refractivity contribution in [3.63, 3.8) is 0 Å². The Labute approximate surface area is 161 Å². The van der Waals surface area contributed by atoms with Crippen LogP contribution in [0.15, 0.2) is 42.5 Å². The molecule has 0 aliphatic rings. The topological polar surface area (TPSA) is 61.4 Å². The van der Waals surface area contributed by atoms with E-state index in [4.69, 9.17) is 23.2 Å². The van der Waals surface area contributed by atoms with Gasteiger partial charge in [-0.25, -0.2) is 4.39 Å². The second-order valence-corrected chi connectivity index (χ2v) is 6.67. The predicted molar refractivity (Wildman–Crippen MR) is 102 cm³/mol. The third kappa shape index (κ3) is 5.98. The SMILES string of the molecule is C[C@H](C(=O)Nc1cc(Cl)cc(Cl)c1)N(C)CC(=O)Nc1cccc(F)c1. The van der Waals surface area contributed by atoms with Crippen LogP contribution in [0.2, 0.25) is 10.0 Å². The number of anilines is 2. The fraction of sp³-hybridized carbons (Fsp3) is 0.222. The summed E-state index contributed by atoms with van der Waals surface area (Å²) in [6.45, 7) is 1.62. The third-order valence-corrected chi connectivity index (χ3v) is 4.11. The smallest absolute Gasteiger partial charge is 0.241 e. The number of halogens is 3. The number of rotatable bonds is 6. The van der Waals surface area contributed by atoms with Crippen molar-refractivity contribution in [3.05, 3.63) is 58.3 Å². The number of benzene rings is 2. The summed E-state index contributed by atoms with van der Waals surface area (Å²) >= 11 is 11.8. The summed E-state index contributed by atoms with van der Waals surface area (Å²) in [4.78, 5) is 26.0. The molecule has 0 aliphatic carbocycles. The van der Waals surface area contributed by atoms with E-state index in [1.807, 2.05) is 0 Å². The van der Waals surface area contributed by atoms with Gasteiger partial charge in [-0.05, 0) is 50.4 Å². The van der Waals surface area contributed by atoms with Gasteiger partial charge in [0.05, 0.1) is 12.6 Å². The monoisotopic (exact) mass is 397 g/mol. The molecule has 2 aromatic rings. The highest BCUT2D eigenvalue weighted by Crippen LogP contribution is 2.22. The zero-order chi connectivity index (χ0) is 19.3. The average molecular weight is 398 g/mol. The molecular weight excluding hydrogens is 380 g/mol. The molecule has 0 bridgehead atoms. The lowest BCUT2D eigenvalue weighted by Crippen LogP contribution is -2.43. The Morgan fingerprint density at radius 1 is 1.08 bits per heavy atom. The molecule has 0 unspecified atom stereocenters. The first-order chi connectivity index (χ1) is 12.2. The first-order valence-corrected chi connectivity index (χ1v) is 8.53. The molecule has 2 rings (SSSR count). The van der Waals surface area contributed by atoms with E-state index in [0.29, 0.717) is 21.4 Å². The fourth-order valence-electron chi connectivity index (χ4n) is 2.20. The summed E-state index contributed by atoms with van der Waals surface area (Å²) in [5.41, 5.74) is 0.825. The van der Waals surface area contributed by atoms with Crippen molar-refractivity contribution >= 4 is 46.4 Å². The summed E-state index contributed by atoms with van der Waals surface area (Å²) in [6, 6.07) is 9.72. The molecule has 2 N–H and O–H groups in total. The summed E-state index contributed by atoms with van der Waals surface area (Å²) in [5.74, 6) is -1.11. The zero-order valence-electron chi connectivity index (χ0n) is 14.2. The summed E-state index contributed by atoms with van der Waals surface area (Å²) < 4.78 is 13.1. The second kappa shape index (κ2) is 8.98. The van der Waals surface area contributed by atoms with E-state index in [2.05, 4.69) is 10.6 Å². The Morgan fingerprint density at radius 2 is 1.73 bits per heavy atom. The molecule has 0 aromatic heterocycles. The van der Waals surface area contributed by atoms with Gasteiger partial charge in [-0.3, -0.25) is 14.5 Å². The van der Waals surface area contributed by atoms with Crippen molar-refractivity contribution in [1.29, 1.82) is 0 Å². The van der Waals surface area contributed by atoms with Crippen molar-refractivity contribution in [3.8, 4) is 0 Å². The summed E-state index contributed by atoms with van der Waals surface area (Å²) in [7, 11) is 1.64. The van der Waals surface area contributed by atoms with E-state index >= 15 is 0 Å². The molecule has 8 heteroatoms. The van der Waals surface area contributed by atoms with Gasteiger partial charge in [0.25, 0.3) is 0 Å². The van der Waals surface area contributed by atoms with Crippen LogP contribution in [0.4, 0.5) is 15.8 Å². The number of nitrogens with zero attached hydrogens (tertiary/aromatic N) is 1. The van der Waals surface area contributed by atoms with Gasteiger partial charge in [0.1, 0.15) is 5.82 Å². The normalized spacial score (nSPS) is 11.9. The number of hydrogen-bond donors (Lipinski definition) is 2. The Kier molecular flexibility index (Phi) is 6.97. The molecule has 0 spiro atoms. The van der Waals surface area contributed by atoms with Crippen molar-refractivity contribution in [2.24, 2.45) is 0 Å². The Morgan fingerprint density at radius 3 is 2.35 bits per heavy atom. The van der Waals surface area contributed by atoms with Gasteiger partial charge in [0.2, 0.25) is 11.8 Å². The van der Waals surface area contributed by atoms with Crippen molar-refractivity contribution in [2.45, 2.75) is 13.0 Å². The van der Waals surface area contributed by atoms with Crippen LogP contribution in [0, 0.1) is 5.82 Å². The van der Waals surface area contributed by atoms with Gasteiger partial charge in [0, 0.05) is 21.4 Å². The van der Waals surface area contributed by atoms with E-state index in [9.17, 15) is 14.0 Å². The molecule has 2 amide bonds. The number of carbonyl (C=O) groups is 2. The van der Waals surface area contributed by atoms with E-state index in [0.717, 1.165) is 0 Å². The Hall–Kier alpha value is -2.15. The first-order valence-electron chi connectivity index (χ1n) is 7.77. The molecule has 0 aliphatic heterocycles. The van der Waals surface area contributed by atoms with E-state index in [1.165, 1.54) is 18.2 Å². The minimum Gasteiger partial charge on any atom is -0.325 e. The van der Waals surface area contributed by atoms with Crippen molar-refractivity contribution in [1.82, 2.24) is 4.90 Å². The fourth-order valence-corrected chi connectivity index (χ4v) is 2.73. The van der Waals surface area contributed by atoms with E-state index in [1.54, 1.807) is 43.1 Å². The molecule has 0 heterocycles. The first kappa shape index (κ1) is 20.2. The van der Waals surface area contributed by atoms with Crippen LogP contribution >= 0.6 is 23.2 Å². The quantitative estimate of drug-likeness (QED) is 0.773. The van der Waals surface area contributed by atoms with Gasteiger partial charge >= 0.3 is 0 Å². The summed E-state index contributed by atoms with van der Waals surface area (Å²) in [6.07, 6.45) is 0. The molecule has 0 radical (unpaired) electrons. The largest absolute Gasteiger partial charge is 0.325 e. The van der Waals surface area contributed by atoms with Crippen LogP contribution in [-0.4, -0.2) is 36.3 Å². The number of amides is 2. The number of likely N-dealkylation sites (N-methyl/N-ethyl adjacent to an activating group) is 1. The van der Waals surface area contributed by atoms with E-state index in [-0.39, 0.29) is 18.4 Å². The average Bonchev–Trinajstić information content (AvgIpc) is 2.52. The minimum atomic E-state index is -0.592. The maximum atomic E-state index is 13.1. The van der Waals surface area contributed by atoms with E-state index < -0.39 is 11.9 Å². The van der Waals surface area contributed by atoms with Gasteiger partial charge in [-0.2, -0.15) is 0 Å². The molecule has 138 valence electrons. The zero-order valence-corrected chi connectivity index (χ0v) is 15.7. The summed E-state index contributed by atoms with van der Waals surface area (Å²) in [5, 5.41) is 6.10. The number of nitrogens with one attached hydrogen (secondary N) is 2. The molecule has 5 nitrogen and oxygen atoms in total. The molecule has 0 saturated heterocycles. The van der Waals surface area contributed by atoms with Gasteiger partial charge in [0.15, 0.2) is 0 Å². The van der Waals surface area contributed by atoms with Crippen LogP contribution < -0.4 is 10.6 Å². The highest BCUT2D eigenvalue weighted by molar-refractivity contribution is 6.35. The lowest BCUT2D eigenvalue weighted by Gasteiger charge is -2.23. The van der Waals surface area contributed by atoms with Crippen LogP contribution in [0.1, 0.15) is 6.92 Å². The Bertz CT molecular complexity index is 797. The molecule has 26 heavy (non-hydrogen) atoms. The van der Waals surface area contributed by atoms with Crippen LogP contribution in [0.25, 0.3) is 0 Å². The Balaban J connectivity index is 1.92. The highest BCUT2D eigenvalue weighted by Gasteiger charge is 2.20. The van der Waals surface area contributed by atoms with Crippen LogP contribution in [0.3, 0.4) is 0 Å². The number of carbonyl (C=O) groups excluding carboxylic acids is 2. The second-order valence-electron chi connectivity index (χ2n) is 5.80. The van der Waals surface area contributed by atoms with Gasteiger partial charge in [-0.1, -0.05) is 29.3 Å². The molecule has 0 saturated carbocycles. The maximum absolute atomic E-state index is 13.1. The maximum Gasteiger partial charge on any atom is 0.241 e. The lowest BCUT2D eigenvalue weighted by molar-refractivity contribution is -0.122. The van der Waals surface area contributed by atoms with Gasteiger partial charge < -0.3 is 10.6 Å².